The van der Waals surface area contributed by atoms with Gasteiger partial charge in [0.2, 0.25) is 5.95 Å². The van der Waals surface area contributed by atoms with Gasteiger partial charge in [-0.3, -0.25) is 18.7 Å². The highest BCUT2D eigenvalue weighted by Gasteiger charge is 2.23. The minimum atomic E-state index is 0.546. The van der Waals surface area contributed by atoms with Crippen LogP contribution in [0.2, 0.25) is 0 Å². The Morgan fingerprint density at radius 1 is 0.333 bits per heavy atom. The average Bonchev–Trinajstić information content (AvgIpc) is 3.91. The molecule has 9 nitrogen and oxygen atoms in total. The van der Waals surface area contributed by atoms with Crippen molar-refractivity contribution in [1.29, 1.82) is 0 Å². The van der Waals surface area contributed by atoms with E-state index in [1.54, 1.807) is 0 Å². The molecule has 0 N–H and O–H groups in total. The van der Waals surface area contributed by atoms with Crippen LogP contribution in [0.3, 0.4) is 0 Å². The van der Waals surface area contributed by atoms with Crippen molar-refractivity contribution in [2.75, 3.05) is 0 Å². The van der Waals surface area contributed by atoms with Crippen molar-refractivity contribution in [2.24, 2.45) is 0 Å². The Morgan fingerprint density at radius 2 is 0.895 bits per heavy atom. The molecule has 0 aliphatic heterocycles. The molecule has 0 bridgehead atoms. The van der Waals surface area contributed by atoms with Crippen LogP contribution >= 0.6 is 0 Å². The molecular formula is C48H29N9. The molecule has 0 saturated carbocycles. The first-order valence-electron chi connectivity index (χ1n) is 18.8. The highest BCUT2D eigenvalue weighted by atomic mass is 15.2. The Labute approximate surface area is 324 Å². The molecule has 0 amide bonds. The fourth-order valence-corrected chi connectivity index (χ4v) is 8.24. The van der Waals surface area contributed by atoms with Crippen molar-refractivity contribution >= 4 is 66.1 Å². The summed E-state index contributed by atoms with van der Waals surface area (Å²) in [5.74, 6) is 1.76. The zero-order chi connectivity index (χ0) is 37.5. The van der Waals surface area contributed by atoms with Gasteiger partial charge in [-0.2, -0.15) is 9.97 Å². The van der Waals surface area contributed by atoms with Crippen molar-refractivity contribution in [3.63, 3.8) is 0 Å². The van der Waals surface area contributed by atoms with E-state index in [1.165, 1.54) is 0 Å². The van der Waals surface area contributed by atoms with Crippen LogP contribution in [-0.2, 0) is 0 Å². The maximum Gasteiger partial charge on any atom is 0.238 e. The van der Waals surface area contributed by atoms with Crippen LogP contribution in [0, 0.1) is 0 Å². The number of benzene rings is 6. The van der Waals surface area contributed by atoms with Gasteiger partial charge in [0.05, 0.1) is 22.1 Å². The molecule has 0 unspecified atom stereocenters. The number of para-hydroxylation sites is 3. The molecule has 6 heterocycles. The van der Waals surface area contributed by atoms with E-state index in [0.717, 1.165) is 88.6 Å². The molecule has 6 aromatic heterocycles. The standard InChI is InChI=1S/C48H29N9/c1-4-15-30(16-5-1)44-51-45(31-17-6-2-7-18-31)53-48(52-44)57-37-23-12-10-21-34(37)36-29-33(26-27-39(36)57)56-40-25-14-28-49-42(40)43-47(56)54-46-41(50-43)35-22-11-13-24-38(35)55(46)32-19-8-3-9-20-32/h1-29H. The molecule has 12 rings (SSSR count). The predicted octanol–water partition coefficient (Wildman–Crippen LogP) is 10.7. The molecule has 0 saturated heterocycles. The molecule has 0 radical (unpaired) electrons. The summed E-state index contributed by atoms with van der Waals surface area (Å²) in [6, 6.07) is 57.8. The molecule has 266 valence electrons. The van der Waals surface area contributed by atoms with E-state index in [-0.39, 0.29) is 0 Å². The summed E-state index contributed by atoms with van der Waals surface area (Å²) < 4.78 is 6.53. The zero-order valence-corrected chi connectivity index (χ0v) is 30.3. The lowest BCUT2D eigenvalue weighted by molar-refractivity contribution is 0.953. The molecule has 0 fully saturated rings. The molecule has 0 aliphatic carbocycles. The summed E-state index contributed by atoms with van der Waals surface area (Å²) in [7, 11) is 0. The summed E-state index contributed by atoms with van der Waals surface area (Å²) in [6.07, 6.45) is 1.82. The molecule has 12 aromatic rings. The van der Waals surface area contributed by atoms with Gasteiger partial charge in [-0.25, -0.2) is 15.0 Å². The van der Waals surface area contributed by atoms with Gasteiger partial charge in [-0.1, -0.05) is 115 Å². The summed E-state index contributed by atoms with van der Waals surface area (Å²) in [5, 5.41) is 3.17. The molecule has 0 spiro atoms. The lowest BCUT2D eigenvalue weighted by Gasteiger charge is -2.11. The van der Waals surface area contributed by atoms with Gasteiger partial charge in [0, 0.05) is 44.9 Å². The third-order valence-electron chi connectivity index (χ3n) is 10.8. The SMILES string of the molecule is c1ccc(-c2nc(-c3ccccc3)nc(-n3c4ccccc4c4cc(-n5c6cccnc6c6nc7c8ccccc8n(-c8ccccc8)c7nc65)ccc43)n2)cc1. The van der Waals surface area contributed by atoms with E-state index in [4.69, 9.17) is 29.9 Å². The molecular weight excluding hydrogens is 703 g/mol. The summed E-state index contributed by atoms with van der Waals surface area (Å²) in [5.41, 5.74) is 11.7. The number of pyridine rings is 1. The van der Waals surface area contributed by atoms with Crippen molar-refractivity contribution < 1.29 is 0 Å². The molecule has 0 atom stereocenters. The van der Waals surface area contributed by atoms with Crippen LogP contribution in [0.5, 0.6) is 0 Å². The predicted molar refractivity (Wildman–Crippen MR) is 227 cm³/mol. The number of fused-ring (bicyclic) bond motifs is 9. The van der Waals surface area contributed by atoms with Crippen molar-refractivity contribution in [2.45, 2.75) is 0 Å². The maximum absolute atomic E-state index is 5.47. The Kier molecular flexibility index (Phi) is 6.73. The van der Waals surface area contributed by atoms with Gasteiger partial charge < -0.3 is 0 Å². The van der Waals surface area contributed by atoms with Crippen LogP contribution in [0.4, 0.5) is 0 Å². The largest absolute Gasteiger partial charge is 0.292 e. The first-order valence-corrected chi connectivity index (χ1v) is 18.8. The van der Waals surface area contributed by atoms with Gasteiger partial charge in [0.25, 0.3) is 0 Å². The lowest BCUT2D eigenvalue weighted by atomic mass is 10.1. The normalized spacial score (nSPS) is 11.9. The minimum Gasteiger partial charge on any atom is -0.292 e. The molecule has 9 heteroatoms. The van der Waals surface area contributed by atoms with Crippen LogP contribution in [0.1, 0.15) is 0 Å². The van der Waals surface area contributed by atoms with Crippen LogP contribution in [0.15, 0.2) is 176 Å². The van der Waals surface area contributed by atoms with Gasteiger partial charge in [0.15, 0.2) is 22.9 Å². The fraction of sp³-hybridized carbons (Fsp3) is 0. The number of rotatable bonds is 5. The monoisotopic (exact) mass is 731 g/mol. The Morgan fingerprint density at radius 3 is 1.61 bits per heavy atom. The van der Waals surface area contributed by atoms with Gasteiger partial charge in [-0.15, -0.1) is 0 Å². The fourth-order valence-electron chi connectivity index (χ4n) is 8.24. The molecule has 57 heavy (non-hydrogen) atoms. The first-order chi connectivity index (χ1) is 28.3. The maximum atomic E-state index is 5.47. The van der Waals surface area contributed by atoms with Crippen LogP contribution in [-0.4, -0.2) is 43.6 Å². The van der Waals surface area contributed by atoms with Crippen molar-refractivity contribution in [3.05, 3.63) is 176 Å². The summed E-state index contributed by atoms with van der Waals surface area (Å²) in [4.78, 5) is 30.9. The van der Waals surface area contributed by atoms with E-state index in [2.05, 4.69) is 111 Å². The van der Waals surface area contributed by atoms with Crippen molar-refractivity contribution in [3.8, 4) is 40.1 Å². The highest BCUT2D eigenvalue weighted by molar-refractivity contribution is 6.13. The van der Waals surface area contributed by atoms with Gasteiger partial charge >= 0.3 is 0 Å². The average molecular weight is 732 g/mol. The molecule has 6 aromatic carbocycles. The number of nitrogens with zero attached hydrogens (tertiary/aromatic N) is 9. The van der Waals surface area contributed by atoms with Gasteiger partial charge in [0.1, 0.15) is 16.6 Å². The van der Waals surface area contributed by atoms with Crippen LogP contribution in [0.25, 0.3) is 106 Å². The Hall–Kier alpha value is -8.04. The topological polar surface area (TPSA) is 92.1 Å². The Bertz CT molecular complexity index is 3460. The zero-order valence-electron chi connectivity index (χ0n) is 30.3. The number of aromatic nitrogens is 9. The summed E-state index contributed by atoms with van der Waals surface area (Å²) in [6.45, 7) is 0. The number of hydrogen-bond donors (Lipinski definition) is 0. The van der Waals surface area contributed by atoms with Gasteiger partial charge in [-0.05, 0) is 54.6 Å². The second-order valence-electron chi connectivity index (χ2n) is 14.0. The quantitative estimate of drug-likeness (QED) is 0.175. The van der Waals surface area contributed by atoms with E-state index in [1.807, 2.05) is 79.0 Å². The minimum absolute atomic E-state index is 0.546. The second-order valence-corrected chi connectivity index (χ2v) is 14.0. The highest BCUT2D eigenvalue weighted by Crippen LogP contribution is 2.38. The van der Waals surface area contributed by atoms with E-state index in [0.29, 0.717) is 17.6 Å². The second kappa shape index (κ2) is 12.2. The third kappa shape index (κ3) is 4.76. The summed E-state index contributed by atoms with van der Waals surface area (Å²) >= 11 is 0. The lowest BCUT2D eigenvalue weighted by Crippen LogP contribution is -2.06. The number of hydrogen-bond acceptors (Lipinski definition) is 6. The third-order valence-corrected chi connectivity index (χ3v) is 10.8. The van der Waals surface area contributed by atoms with E-state index in [9.17, 15) is 0 Å². The molecule has 0 aliphatic rings. The van der Waals surface area contributed by atoms with Crippen LogP contribution < -0.4 is 0 Å². The van der Waals surface area contributed by atoms with E-state index >= 15 is 0 Å². The Balaban J connectivity index is 1.12. The van der Waals surface area contributed by atoms with E-state index < -0.39 is 0 Å². The first kappa shape index (κ1) is 31.3. The van der Waals surface area contributed by atoms with Crippen molar-refractivity contribution in [1.82, 2.24) is 43.6 Å². The smallest absolute Gasteiger partial charge is 0.238 e.